The zero-order chi connectivity index (χ0) is 36.0. The van der Waals surface area contributed by atoms with Crippen LogP contribution in [0.15, 0.2) is 59.9 Å². The number of hydrogen-bond acceptors (Lipinski definition) is 9. The van der Waals surface area contributed by atoms with E-state index in [1.807, 2.05) is 30.3 Å². The van der Waals surface area contributed by atoms with Gasteiger partial charge in [0.15, 0.2) is 10.8 Å². The fourth-order valence-electron chi connectivity index (χ4n) is 3.70. The van der Waals surface area contributed by atoms with Gasteiger partial charge >= 0.3 is 24.3 Å². The molecule has 13 nitrogen and oxygen atoms in total. The zero-order valence-corrected chi connectivity index (χ0v) is 26.1. The first kappa shape index (κ1) is 37.3. The summed E-state index contributed by atoms with van der Waals surface area (Å²) >= 11 is 6.32. The topological polar surface area (TPSA) is 188 Å². The highest BCUT2D eigenvalue weighted by atomic mass is 35.5. The van der Waals surface area contributed by atoms with Crippen molar-refractivity contribution >= 4 is 62.4 Å². The number of fused-ring (bicyclic) bond motifs is 6. The minimum absolute atomic E-state index is 0.0226. The van der Waals surface area contributed by atoms with Crippen LogP contribution in [-0.4, -0.2) is 62.4 Å². The molecule has 21 heteroatoms. The third kappa shape index (κ3) is 10.5. The molecule has 0 fully saturated rings. The second-order valence-corrected chi connectivity index (χ2v) is 11.7. The molecule has 6 bridgehead atoms. The Hall–Kier alpha value is -5.11. The van der Waals surface area contributed by atoms with E-state index >= 15 is 0 Å². The Morgan fingerprint density at radius 3 is 2.10 bits per heavy atom. The average molecular weight is 724 g/mol. The predicted octanol–water partition coefficient (Wildman–Crippen LogP) is 5.83. The van der Waals surface area contributed by atoms with E-state index < -0.39 is 34.3 Å². The molecule has 5 N–H and O–H groups in total. The molecule has 0 amide bonds. The van der Waals surface area contributed by atoms with Crippen LogP contribution < -0.4 is 15.4 Å². The number of halogens is 7. The molecular formula is C27H24ClF6N7O6S. The summed E-state index contributed by atoms with van der Waals surface area (Å²) in [6, 6.07) is 13.3. The van der Waals surface area contributed by atoms with E-state index in [2.05, 4.69) is 30.3 Å². The third-order valence-corrected chi connectivity index (χ3v) is 7.58. The molecular weight excluding hydrogens is 700 g/mol. The van der Waals surface area contributed by atoms with Crippen molar-refractivity contribution in [1.82, 2.24) is 19.5 Å². The van der Waals surface area contributed by atoms with Gasteiger partial charge in [-0.2, -0.15) is 39.7 Å². The Kier molecular flexibility index (Phi) is 11.5. The molecule has 0 spiro atoms. The number of aryl methyl sites for hydroxylation is 4. The summed E-state index contributed by atoms with van der Waals surface area (Å²) in [5.41, 5.74) is 3.98. The van der Waals surface area contributed by atoms with Crippen LogP contribution in [0, 0.1) is 6.92 Å². The van der Waals surface area contributed by atoms with Crippen LogP contribution in [0.25, 0.3) is 0 Å². The summed E-state index contributed by atoms with van der Waals surface area (Å²) in [6.07, 6.45) is -5.83. The number of carbonyl (C=O) groups is 2. The first-order chi connectivity index (χ1) is 22.2. The Morgan fingerprint density at radius 2 is 1.54 bits per heavy atom. The van der Waals surface area contributed by atoms with Crippen LogP contribution in [-0.2, 0) is 39.5 Å². The van der Waals surface area contributed by atoms with Crippen LogP contribution in [0.5, 0.6) is 0 Å². The van der Waals surface area contributed by atoms with Crippen molar-refractivity contribution in [3.8, 4) is 0 Å². The molecule has 3 heterocycles. The molecule has 48 heavy (non-hydrogen) atoms. The van der Waals surface area contributed by atoms with Crippen molar-refractivity contribution in [3.63, 3.8) is 0 Å². The van der Waals surface area contributed by atoms with Crippen LogP contribution in [0.3, 0.4) is 0 Å². The number of anilines is 5. The average Bonchev–Trinajstić information content (AvgIpc) is 3.33. The maximum absolute atomic E-state index is 13.0. The number of hydrogen-bond donors (Lipinski definition) is 5. The van der Waals surface area contributed by atoms with E-state index in [1.165, 1.54) is 12.4 Å². The number of nitrogens with one attached hydrogen (secondary N) is 3. The molecule has 0 saturated heterocycles. The highest BCUT2D eigenvalue weighted by molar-refractivity contribution is 7.92. The maximum Gasteiger partial charge on any atom is 0.490 e. The molecule has 0 unspecified atom stereocenters. The van der Waals surface area contributed by atoms with Gasteiger partial charge in [0.05, 0.1) is 11.9 Å². The number of aliphatic carboxylic acids is 2. The molecule has 0 radical (unpaired) electrons. The lowest BCUT2D eigenvalue weighted by molar-refractivity contribution is -0.193. The Morgan fingerprint density at radius 1 is 0.938 bits per heavy atom. The number of carboxylic acids is 2. The quantitative estimate of drug-likeness (QED) is 0.160. The summed E-state index contributed by atoms with van der Waals surface area (Å²) in [6.45, 7) is 1.75. The van der Waals surface area contributed by atoms with Crippen LogP contribution in [0.4, 0.5) is 55.2 Å². The Bertz CT molecular complexity index is 1880. The van der Waals surface area contributed by atoms with Gasteiger partial charge in [0.2, 0.25) is 5.95 Å². The van der Waals surface area contributed by atoms with Gasteiger partial charge in [0.1, 0.15) is 10.8 Å². The first-order valence-electron chi connectivity index (χ1n) is 13.1. The lowest BCUT2D eigenvalue weighted by atomic mass is 10.0. The lowest BCUT2D eigenvalue weighted by Gasteiger charge is -2.15. The highest BCUT2D eigenvalue weighted by Crippen LogP contribution is 2.30. The second-order valence-electron chi connectivity index (χ2n) is 9.66. The Balaban J connectivity index is 0.000000376. The van der Waals surface area contributed by atoms with Crippen molar-refractivity contribution in [3.05, 3.63) is 76.8 Å². The standard InChI is InChI=1S/C23H22ClN7O2S.2C2HF3O2/c1-14-26-21(13-31(14)2)34(32,33)30-20-9-8-18-11-16(20)7-6-15-4-3-5-17(10-15)28-23-25-12-19(24)22(27-18)29-23;2*3-2(4,5)1(6)7/h3-5,8-13,30H,6-7H2,1-2H3,(H2,25,27,28,29);2*(H,6,7). The molecule has 0 saturated carbocycles. The zero-order valence-electron chi connectivity index (χ0n) is 24.5. The van der Waals surface area contributed by atoms with Crippen LogP contribution in [0.1, 0.15) is 17.0 Å². The van der Waals surface area contributed by atoms with Gasteiger partial charge in [-0.25, -0.2) is 19.6 Å². The van der Waals surface area contributed by atoms with Gasteiger partial charge < -0.3 is 25.4 Å². The van der Waals surface area contributed by atoms with Gasteiger partial charge in [-0.15, -0.1) is 0 Å². The summed E-state index contributed by atoms with van der Waals surface area (Å²) in [5.74, 6) is -4.04. The molecule has 2 aromatic carbocycles. The molecule has 1 aliphatic rings. The number of sulfonamides is 1. The number of carboxylic acid groups (broad SMARTS) is 2. The van der Waals surface area contributed by atoms with E-state index in [1.54, 1.807) is 30.7 Å². The van der Waals surface area contributed by atoms with E-state index in [4.69, 9.17) is 31.4 Å². The number of nitrogens with zero attached hydrogens (tertiary/aromatic N) is 4. The third-order valence-electron chi connectivity index (χ3n) is 6.07. The maximum atomic E-state index is 13.0. The van der Waals surface area contributed by atoms with E-state index in [0.717, 1.165) is 22.5 Å². The van der Waals surface area contributed by atoms with Crippen molar-refractivity contribution in [1.29, 1.82) is 0 Å². The molecule has 0 aliphatic carbocycles. The molecule has 0 atom stereocenters. The number of aromatic nitrogens is 4. The van der Waals surface area contributed by atoms with E-state index in [0.29, 0.717) is 41.1 Å². The molecule has 4 aromatic rings. The van der Waals surface area contributed by atoms with Gasteiger partial charge in [0, 0.05) is 24.6 Å². The SMILES string of the molecule is Cc1nc(S(=O)(=O)Nc2ccc3cc2CCc2cccc(c2)Nc2ncc(Cl)c(n2)N3)cn1C.O=C(O)C(F)(F)F.O=C(O)C(F)(F)F. The molecule has 258 valence electrons. The van der Waals surface area contributed by atoms with Crippen molar-refractivity contribution in [2.24, 2.45) is 7.05 Å². The van der Waals surface area contributed by atoms with Crippen LogP contribution >= 0.6 is 11.6 Å². The first-order valence-corrected chi connectivity index (χ1v) is 14.9. The summed E-state index contributed by atoms with van der Waals surface area (Å²) in [4.78, 5) is 30.7. The van der Waals surface area contributed by atoms with E-state index in [9.17, 15) is 34.8 Å². The number of alkyl halides is 6. The van der Waals surface area contributed by atoms with Gasteiger partial charge in [0.25, 0.3) is 10.0 Å². The predicted molar refractivity (Wildman–Crippen MR) is 160 cm³/mol. The van der Waals surface area contributed by atoms with Crippen molar-refractivity contribution < 1.29 is 54.6 Å². The lowest BCUT2D eigenvalue weighted by Crippen LogP contribution is -2.21. The number of imidazole rings is 1. The summed E-state index contributed by atoms with van der Waals surface area (Å²) in [5, 5.41) is 21.0. The fraction of sp³-hybridized carbons (Fsp3) is 0.222. The fourth-order valence-corrected chi connectivity index (χ4v) is 4.98. The summed E-state index contributed by atoms with van der Waals surface area (Å²) in [7, 11) is -2.09. The van der Waals surface area contributed by atoms with Crippen molar-refractivity contribution in [2.75, 3.05) is 15.4 Å². The minimum Gasteiger partial charge on any atom is -0.475 e. The molecule has 2 aromatic heterocycles. The van der Waals surface area contributed by atoms with E-state index in [-0.39, 0.29) is 5.03 Å². The number of rotatable bonds is 3. The summed E-state index contributed by atoms with van der Waals surface area (Å²) < 4.78 is 93.9. The molecule has 5 rings (SSSR count). The van der Waals surface area contributed by atoms with Crippen LogP contribution in [0.2, 0.25) is 5.02 Å². The van der Waals surface area contributed by atoms with Crippen molar-refractivity contribution in [2.45, 2.75) is 37.1 Å². The minimum atomic E-state index is -5.08. The Labute approximate surface area is 272 Å². The second kappa shape index (κ2) is 14.8. The van der Waals surface area contributed by atoms with Gasteiger partial charge in [-0.1, -0.05) is 23.7 Å². The largest absolute Gasteiger partial charge is 0.490 e. The molecule has 1 aliphatic heterocycles. The monoisotopic (exact) mass is 723 g/mol. The number of benzene rings is 2. The smallest absolute Gasteiger partial charge is 0.475 e. The normalized spacial score (nSPS) is 12.5. The van der Waals surface area contributed by atoms with Gasteiger partial charge in [-0.05, 0) is 61.2 Å². The van der Waals surface area contributed by atoms with Gasteiger partial charge in [-0.3, -0.25) is 4.72 Å². The highest BCUT2D eigenvalue weighted by Gasteiger charge is 2.38.